The Kier molecular flexibility index (Phi) is 5.45. The molecule has 5 rings (SSSR count). The van der Waals surface area contributed by atoms with Gasteiger partial charge in [0.15, 0.2) is 0 Å². The van der Waals surface area contributed by atoms with Crippen LogP contribution in [-0.2, 0) is 4.79 Å². The first-order chi connectivity index (χ1) is 14.8. The molecule has 4 atom stereocenters. The molecular weight excluding hydrogens is 427 g/mol. The molecule has 2 spiro atoms. The number of hydrogen-bond donors (Lipinski definition) is 0. The zero-order valence-corrected chi connectivity index (χ0v) is 19.8. The number of halogens is 2. The topological polar surface area (TPSA) is 23.6 Å². The van der Waals surface area contributed by atoms with Gasteiger partial charge in [-0.15, -0.1) is 0 Å². The van der Waals surface area contributed by atoms with Crippen LogP contribution < -0.4 is 0 Å². The minimum Gasteiger partial charge on any atom is -0.305 e. The van der Waals surface area contributed by atoms with Crippen LogP contribution in [0.3, 0.4) is 0 Å². The Morgan fingerprint density at radius 3 is 1.52 bits per heavy atom. The lowest BCUT2D eigenvalue weighted by Crippen LogP contribution is -2.53. The van der Waals surface area contributed by atoms with E-state index in [-0.39, 0.29) is 22.7 Å². The van der Waals surface area contributed by atoms with Gasteiger partial charge in [-0.1, -0.05) is 53.9 Å². The Hall–Kier alpha value is -1.39. The number of carbonyl (C=O) groups excluding carboxylic acids is 1. The summed E-state index contributed by atoms with van der Waals surface area (Å²) in [6, 6.07) is 16.4. The molecule has 0 aromatic heterocycles. The van der Waals surface area contributed by atoms with Gasteiger partial charge in [0.1, 0.15) is 5.78 Å². The third kappa shape index (κ3) is 3.45. The van der Waals surface area contributed by atoms with Gasteiger partial charge in [-0.2, -0.15) is 0 Å². The molecule has 2 aromatic rings. The molecule has 5 heteroatoms. The van der Waals surface area contributed by atoms with Crippen LogP contribution in [0, 0.1) is 10.8 Å². The monoisotopic (exact) mass is 456 g/mol. The molecule has 1 aliphatic carbocycles. The number of Topliss-reactive ketones (excluding diaryl/α,β-unsaturated/α-hetero) is 1. The largest absolute Gasteiger partial charge is 0.305 e. The van der Waals surface area contributed by atoms with Gasteiger partial charge in [0.05, 0.1) is 10.8 Å². The highest BCUT2D eigenvalue weighted by Gasteiger charge is 2.63. The lowest BCUT2D eigenvalue weighted by molar-refractivity contribution is -0.144. The molecule has 2 aliphatic heterocycles. The smallest absolute Gasteiger partial charge is 0.149 e. The molecule has 2 saturated heterocycles. The van der Waals surface area contributed by atoms with Gasteiger partial charge >= 0.3 is 0 Å². The van der Waals surface area contributed by atoms with Crippen LogP contribution in [0.15, 0.2) is 48.5 Å². The minimum atomic E-state index is -0.323. The van der Waals surface area contributed by atoms with Crippen LogP contribution in [-0.4, -0.2) is 55.9 Å². The predicted octanol–water partition coefficient (Wildman–Crippen LogP) is 5.48. The summed E-state index contributed by atoms with van der Waals surface area (Å²) in [6.07, 6.45) is 3.05. The van der Waals surface area contributed by atoms with Crippen LogP contribution in [0.25, 0.3) is 0 Å². The third-order valence-corrected chi connectivity index (χ3v) is 8.63. The van der Waals surface area contributed by atoms with E-state index < -0.39 is 0 Å². The van der Waals surface area contributed by atoms with E-state index in [9.17, 15) is 4.79 Å². The Labute approximate surface area is 195 Å². The molecule has 2 aromatic carbocycles. The summed E-state index contributed by atoms with van der Waals surface area (Å²) in [5.41, 5.74) is 1.84. The summed E-state index contributed by atoms with van der Waals surface area (Å²) in [7, 11) is 4.31. The van der Waals surface area contributed by atoms with Crippen molar-refractivity contribution in [3.8, 4) is 0 Å². The Bertz CT molecular complexity index is 898. The number of rotatable bonds is 2. The highest BCUT2D eigenvalue weighted by molar-refractivity contribution is 6.30. The molecule has 31 heavy (non-hydrogen) atoms. The molecular formula is C26H30Cl2N2O. The van der Waals surface area contributed by atoms with Crippen LogP contribution in [0.4, 0.5) is 0 Å². The maximum atomic E-state index is 14.7. The average Bonchev–Trinajstić information content (AvgIpc) is 3.25. The highest BCUT2D eigenvalue weighted by Crippen LogP contribution is 2.59. The Balaban J connectivity index is 1.57. The fraction of sp³-hybridized carbons (Fsp3) is 0.500. The lowest BCUT2D eigenvalue weighted by atomic mass is 9.53. The summed E-state index contributed by atoms with van der Waals surface area (Å²) >= 11 is 12.3. The van der Waals surface area contributed by atoms with Crippen molar-refractivity contribution in [1.82, 2.24) is 9.80 Å². The van der Waals surface area contributed by atoms with E-state index in [1.807, 2.05) is 24.3 Å². The van der Waals surface area contributed by atoms with E-state index in [0.717, 1.165) is 55.5 Å². The van der Waals surface area contributed by atoms with Crippen LogP contribution in [0.1, 0.15) is 42.2 Å². The van der Waals surface area contributed by atoms with Crippen molar-refractivity contribution in [2.45, 2.75) is 31.1 Å². The normalized spacial score (nSPS) is 34.3. The third-order valence-electron chi connectivity index (χ3n) is 8.12. The maximum Gasteiger partial charge on any atom is 0.149 e. The number of carbonyl (C=O) groups is 1. The van der Waals surface area contributed by atoms with Gasteiger partial charge in [-0.05, 0) is 62.3 Å². The van der Waals surface area contributed by atoms with Gasteiger partial charge in [-0.3, -0.25) is 4.79 Å². The van der Waals surface area contributed by atoms with Gasteiger partial charge in [0.2, 0.25) is 0 Å². The molecule has 0 amide bonds. The van der Waals surface area contributed by atoms with Gasteiger partial charge in [0.25, 0.3) is 0 Å². The van der Waals surface area contributed by atoms with Crippen molar-refractivity contribution in [2.24, 2.45) is 10.8 Å². The van der Waals surface area contributed by atoms with E-state index >= 15 is 0 Å². The molecule has 0 bridgehead atoms. The Morgan fingerprint density at radius 1 is 0.742 bits per heavy atom. The van der Waals surface area contributed by atoms with Crippen molar-refractivity contribution in [1.29, 1.82) is 0 Å². The molecule has 1 saturated carbocycles. The number of hydrogen-bond acceptors (Lipinski definition) is 3. The molecule has 0 radical (unpaired) electrons. The lowest BCUT2D eigenvalue weighted by Gasteiger charge is -2.48. The van der Waals surface area contributed by atoms with E-state index in [2.05, 4.69) is 48.2 Å². The van der Waals surface area contributed by atoms with Crippen molar-refractivity contribution in [3.05, 3.63) is 69.7 Å². The summed E-state index contributed by atoms with van der Waals surface area (Å²) in [6.45, 7) is 3.53. The SMILES string of the molecule is CN1C[C@H](c2ccc(Cl)cc2)C2(CCCC3(CN(C)C[C@H]3c3ccc(Cl)cc3)C2=O)C1. The first-order valence-electron chi connectivity index (χ1n) is 11.3. The summed E-state index contributed by atoms with van der Waals surface area (Å²) in [5.74, 6) is 0.923. The van der Waals surface area contributed by atoms with Crippen LogP contribution >= 0.6 is 23.2 Å². The number of benzene rings is 2. The first kappa shape index (κ1) is 21.5. The van der Waals surface area contributed by atoms with Crippen molar-refractivity contribution in [3.63, 3.8) is 0 Å². The fourth-order valence-electron chi connectivity index (χ4n) is 6.93. The molecule has 3 fully saturated rings. The standard InChI is InChI=1S/C26H30Cl2N2O/c1-29-14-22(18-4-8-20(27)9-5-18)25(16-29)12-3-13-26(24(25)31)17-30(2)15-23(26)19-6-10-21(28)11-7-19/h4-11,22-23H,3,12-17H2,1-2H3/t22-,23+,25?,26?. The molecule has 3 aliphatic rings. The van der Waals surface area contributed by atoms with Crippen LogP contribution in [0.2, 0.25) is 10.0 Å². The molecule has 0 N–H and O–H groups in total. The second kappa shape index (κ2) is 7.88. The highest BCUT2D eigenvalue weighted by atomic mass is 35.5. The first-order valence-corrected chi connectivity index (χ1v) is 12.0. The van der Waals surface area contributed by atoms with Gasteiger partial charge in [-0.25, -0.2) is 0 Å². The quantitative estimate of drug-likeness (QED) is 0.597. The second-order valence-electron chi connectivity index (χ2n) is 10.1. The van der Waals surface area contributed by atoms with E-state index in [1.165, 1.54) is 11.1 Å². The summed E-state index contributed by atoms with van der Waals surface area (Å²) in [5, 5.41) is 1.49. The van der Waals surface area contributed by atoms with E-state index in [4.69, 9.17) is 23.2 Å². The predicted molar refractivity (Wildman–Crippen MR) is 127 cm³/mol. The Morgan fingerprint density at radius 2 is 1.13 bits per heavy atom. The van der Waals surface area contributed by atoms with Crippen molar-refractivity contribution < 1.29 is 4.79 Å². The molecule has 164 valence electrons. The average molecular weight is 457 g/mol. The second-order valence-corrected chi connectivity index (χ2v) is 11.0. The van der Waals surface area contributed by atoms with E-state index in [1.54, 1.807) is 0 Å². The van der Waals surface area contributed by atoms with Crippen molar-refractivity contribution >= 4 is 29.0 Å². The number of likely N-dealkylation sites (N-methyl/N-ethyl adjacent to an activating group) is 2. The van der Waals surface area contributed by atoms with Gasteiger partial charge in [0, 0.05) is 48.1 Å². The summed E-state index contributed by atoms with van der Waals surface area (Å²) < 4.78 is 0. The van der Waals surface area contributed by atoms with E-state index in [0.29, 0.717) is 5.78 Å². The van der Waals surface area contributed by atoms with Crippen molar-refractivity contribution in [2.75, 3.05) is 40.3 Å². The number of likely N-dealkylation sites (tertiary alicyclic amines) is 2. The summed E-state index contributed by atoms with van der Waals surface area (Å²) in [4.78, 5) is 19.4. The molecule has 2 heterocycles. The minimum absolute atomic E-state index is 0.219. The fourth-order valence-corrected chi connectivity index (χ4v) is 7.19. The molecule has 3 nitrogen and oxygen atoms in total. The molecule has 2 unspecified atom stereocenters. The van der Waals surface area contributed by atoms with Gasteiger partial charge < -0.3 is 9.80 Å². The number of ketones is 1. The van der Waals surface area contributed by atoms with Crippen LogP contribution in [0.5, 0.6) is 0 Å². The zero-order chi connectivity index (χ0) is 21.8. The zero-order valence-electron chi connectivity index (χ0n) is 18.3. The number of nitrogens with zero attached hydrogens (tertiary/aromatic N) is 2. The maximum absolute atomic E-state index is 14.7.